The van der Waals surface area contributed by atoms with Crippen molar-refractivity contribution < 1.29 is 13.2 Å². The first-order valence-electron chi connectivity index (χ1n) is 8.87. The summed E-state index contributed by atoms with van der Waals surface area (Å²) in [6, 6.07) is 9.35. The number of benzene rings is 1. The van der Waals surface area contributed by atoms with Crippen molar-refractivity contribution in [2.75, 3.05) is 13.1 Å². The van der Waals surface area contributed by atoms with Crippen LogP contribution in [-0.2, 0) is 14.8 Å². The Hall–Kier alpha value is -2.03. The van der Waals surface area contributed by atoms with Gasteiger partial charge in [0.05, 0.1) is 5.69 Å². The molecule has 27 heavy (non-hydrogen) atoms. The molecule has 1 aliphatic rings. The largest absolute Gasteiger partial charge is 0.349 e. The summed E-state index contributed by atoms with van der Waals surface area (Å²) in [7, 11) is -3.67. The zero-order valence-electron chi connectivity index (χ0n) is 15.2. The minimum Gasteiger partial charge on any atom is -0.349 e. The van der Waals surface area contributed by atoms with E-state index in [-0.39, 0.29) is 22.7 Å². The number of carbonyl (C=O) groups is 1. The van der Waals surface area contributed by atoms with Crippen molar-refractivity contribution in [3.05, 3.63) is 48.7 Å². The Morgan fingerprint density at radius 1 is 1.33 bits per heavy atom. The minimum atomic E-state index is -3.67. The highest BCUT2D eigenvalue weighted by Crippen LogP contribution is 2.33. The van der Waals surface area contributed by atoms with Crippen LogP contribution in [0.5, 0.6) is 0 Å². The average molecular weight is 406 g/mol. The van der Waals surface area contributed by atoms with E-state index in [0.717, 1.165) is 24.8 Å². The van der Waals surface area contributed by atoms with Gasteiger partial charge in [0.25, 0.3) is 10.0 Å². The van der Waals surface area contributed by atoms with Crippen LogP contribution < -0.4 is 5.32 Å². The first kappa shape index (κ1) is 19.7. The normalized spacial score (nSPS) is 18.6. The molecule has 1 atom stereocenters. The summed E-state index contributed by atoms with van der Waals surface area (Å²) in [5, 5.41) is 3.53. The van der Waals surface area contributed by atoms with E-state index < -0.39 is 10.0 Å². The van der Waals surface area contributed by atoms with Crippen LogP contribution in [0, 0.1) is 6.92 Å². The van der Waals surface area contributed by atoms with Crippen LogP contribution in [0.3, 0.4) is 0 Å². The van der Waals surface area contributed by atoms with Gasteiger partial charge in [-0.05, 0) is 25.8 Å². The lowest BCUT2D eigenvalue weighted by Crippen LogP contribution is -2.44. The highest BCUT2D eigenvalue weighted by atomic mass is 32.2. The van der Waals surface area contributed by atoms with Crippen LogP contribution in [-0.4, -0.2) is 42.7 Å². The van der Waals surface area contributed by atoms with Crippen molar-refractivity contribution >= 4 is 27.3 Å². The summed E-state index contributed by atoms with van der Waals surface area (Å²) in [6.07, 6.45) is 3.60. The Morgan fingerprint density at radius 2 is 2.07 bits per heavy atom. The van der Waals surface area contributed by atoms with Crippen LogP contribution in [0.25, 0.3) is 10.6 Å². The summed E-state index contributed by atoms with van der Waals surface area (Å²) in [5.41, 5.74) is 1.41. The lowest BCUT2D eigenvalue weighted by Gasteiger charge is -2.23. The SMILES string of the molecule is C=CC(=O)NC1CCCCN(S(=O)(=O)c2sc(-c3ccccc3)nc2C)C1. The second kappa shape index (κ2) is 8.33. The van der Waals surface area contributed by atoms with Gasteiger partial charge in [-0.25, -0.2) is 13.4 Å². The van der Waals surface area contributed by atoms with E-state index in [9.17, 15) is 13.2 Å². The predicted octanol–water partition coefficient (Wildman–Crippen LogP) is 2.96. The number of rotatable bonds is 5. The molecule has 1 unspecified atom stereocenters. The van der Waals surface area contributed by atoms with E-state index in [1.807, 2.05) is 30.3 Å². The van der Waals surface area contributed by atoms with Crippen molar-refractivity contribution in [3.63, 3.8) is 0 Å². The number of aryl methyl sites for hydroxylation is 1. The van der Waals surface area contributed by atoms with Crippen molar-refractivity contribution in [1.82, 2.24) is 14.6 Å². The Labute approximate surface area is 164 Å². The topological polar surface area (TPSA) is 79.4 Å². The van der Waals surface area contributed by atoms with Crippen LogP contribution in [0.15, 0.2) is 47.2 Å². The van der Waals surface area contributed by atoms with Gasteiger partial charge in [-0.3, -0.25) is 4.79 Å². The van der Waals surface area contributed by atoms with E-state index in [2.05, 4.69) is 16.9 Å². The Balaban J connectivity index is 1.88. The summed E-state index contributed by atoms with van der Waals surface area (Å²) in [5.74, 6) is -0.278. The zero-order chi connectivity index (χ0) is 19.4. The van der Waals surface area contributed by atoms with Gasteiger partial charge in [0.2, 0.25) is 5.91 Å². The maximum Gasteiger partial charge on any atom is 0.254 e. The molecule has 3 rings (SSSR count). The van der Waals surface area contributed by atoms with Gasteiger partial charge in [-0.1, -0.05) is 43.3 Å². The number of hydrogen-bond acceptors (Lipinski definition) is 5. The summed E-state index contributed by atoms with van der Waals surface area (Å²) < 4.78 is 28.3. The molecule has 0 spiro atoms. The molecule has 8 heteroatoms. The molecular formula is C19H23N3O3S2. The number of nitrogens with one attached hydrogen (secondary N) is 1. The molecule has 1 amide bonds. The van der Waals surface area contributed by atoms with E-state index in [1.54, 1.807) is 6.92 Å². The summed E-state index contributed by atoms with van der Waals surface area (Å²) in [6.45, 7) is 5.89. The van der Waals surface area contributed by atoms with Crippen LogP contribution >= 0.6 is 11.3 Å². The number of nitrogens with zero attached hydrogens (tertiary/aromatic N) is 2. The van der Waals surface area contributed by atoms with Crippen LogP contribution in [0.1, 0.15) is 25.0 Å². The Kier molecular flexibility index (Phi) is 6.08. The fourth-order valence-corrected chi connectivity index (χ4v) is 6.33. The third-order valence-electron chi connectivity index (χ3n) is 4.51. The van der Waals surface area contributed by atoms with E-state index >= 15 is 0 Å². The van der Waals surface area contributed by atoms with Gasteiger partial charge in [-0.2, -0.15) is 4.31 Å². The first-order valence-corrected chi connectivity index (χ1v) is 11.1. The highest BCUT2D eigenvalue weighted by Gasteiger charge is 2.32. The lowest BCUT2D eigenvalue weighted by atomic mass is 10.1. The number of aromatic nitrogens is 1. The number of hydrogen-bond donors (Lipinski definition) is 1. The smallest absolute Gasteiger partial charge is 0.254 e. The number of sulfonamides is 1. The van der Waals surface area contributed by atoms with Crippen molar-refractivity contribution in [2.45, 2.75) is 36.4 Å². The molecule has 1 fully saturated rings. The summed E-state index contributed by atoms with van der Waals surface area (Å²) >= 11 is 1.20. The quantitative estimate of drug-likeness (QED) is 0.776. The van der Waals surface area contributed by atoms with Crippen LogP contribution in [0.2, 0.25) is 0 Å². The molecule has 0 bridgehead atoms. The Bertz CT molecular complexity index is 923. The molecule has 2 heterocycles. The number of thiazole rings is 1. The molecule has 1 saturated heterocycles. The molecule has 144 valence electrons. The minimum absolute atomic E-state index is 0.213. The monoisotopic (exact) mass is 405 g/mol. The standard InChI is InChI=1S/C19H23N3O3S2/c1-3-17(23)21-16-11-7-8-12-22(13-16)27(24,25)19-14(2)20-18(26-19)15-9-5-4-6-10-15/h3-6,9-10,16H,1,7-8,11-13H2,2H3,(H,21,23). The van der Waals surface area contributed by atoms with E-state index in [4.69, 9.17) is 0 Å². The maximum absolute atomic E-state index is 13.3. The van der Waals surface area contributed by atoms with Gasteiger partial charge >= 0.3 is 0 Å². The van der Waals surface area contributed by atoms with E-state index in [0.29, 0.717) is 17.2 Å². The fourth-order valence-electron chi connectivity index (χ4n) is 3.15. The van der Waals surface area contributed by atoms with Crippen LogP contribution in [0.4, 0.5) is 0 Å². The predicted molar refractivity (Wildman–Crippen MR) is 107 cm³/mol. The van der Waals surface area contributed by atoms with E-state index in [1.165, 1.54) is 21.7 Å². The third-order valence-corrected chi connectivity index (χ3v) is 8.17. The molecule has 1 N–H and O–H groups in total. The molecule has 2 aromatic rings. The second-order valence-corrected chi connectivity index (χ2v) is 9.66. The highest BCUT2D eigenvalue weighted by molar-refractivity contribution is 7.91. The third kappa shape index (κ3) is 4.45. The van der Waals surface area contributed by atoms with Gasteiger partial charge in [0, 0.05) is 24.7 Å². The maximum atomic E-state index is 13.3. The number of amides is 1. The van der Waals surface area contributed by atoms with Crippen molar-refractivity contribution in [2.24, 2.45) is 0 Å². The van der Waals surface area contributed by atoms with Gasteiger partial charge in [0.1, 0.15) is 5.01 Å². The fraction of sp³-hybridized carbons (Fsp3) is 0.368. The molecule has 1 aliphatic heterocycles. The molecule has 0 aliphatic carbocycles. The molecular weight excluding hydrogens is 382 g/mol. The summed E-state index contributed by atoms with van der Waals surface area (Å²) in [4.78, 5) is 16.1. The first-order chi connectivity index (χ1) is 12.9. The molecule has 6 nitrogen and oxygen atoms in total. The number of carbonyl (C=O) groups excluding carboxylic acids is 1. The molecule has 1 aromatic heterocycles. The average Bonchev–Trinajstić information content (AvgIpc) is 2.91. The zero-order valence-corrected chi connectivity index (χ0v) is 16.9. The van der Waals surface area contributed by atoms with Gasteiger partial charge < -0.3 is 5.32 Å². The van der Waals surface area contributed by atoms with Gasteiger partial charge in [0.15, 0.2) is 4.21 Å². The van der Waals surface area contributed by atoms with Gasteiger partial charge in [-0.15, -0.1) is 11.3 Å². The second-order valence-electron chi connectivity index (χ2n) is 6.53. The van der Waals surface area contributed by atoms with Crippen molar-refractivity contribution in [1.29, 1.82) is 0 Å². The lowest BCUT2D eigenvalue weighted by molar-refractivity contribution is -0.117. The molecule has 1 aromatic carbocycles. The molecule has 0 radical (unpaired) electrons. The molecule has 0 saturated carbocycles. The Morgan fingerprint density at radius 3 is 2.78 bits per heavy atom. The van der Waals surface area contributed by atoms with Crippen molar-refractivity contribution in [3.8, 4) is 10.6 Å².